The molecule has 192 valence electrons. The second-order valence-electron chi connectivity index (χ2n) is 10.2. The molecule has 0 spiro atoms. The number of hydrogen-bond donors (Lipinski definition) is 1. The summed E-state index contributed by atoms with van der Waals surface area (Å²) in [5, 5.41) is 10.9. The van der Waals surface area contributed by atoms with Gasteiger partial charge in [0.1, 0.15) is 11.9 Å². The van der Waals surface area contributed by atoms with Crippen molar-refractivity contribution >= 4 is 17.5 Å². The number of piperazine rings is 1. The van der Waals surface area contributed by atoms with Crippen LogP contribution in [0.1, 0.15) is 35.3 Å². The standard InChI is InChI=1S/C28H36N4O4/c1-20-16-32(19-25(34)18-29-10-9-22-5-3-4-6-23(22)17-29)28(35)26-8-7-24(15-27(26)36-20)31-13-11-30(12-14-31)21(2)33/h3-8,15,20,25,34H,9-14,16-19H2,1-2H3/t20?,25-/m1/s1. The van der Waals surface area contributed by atoms with E-state index in [9.17, 15) is 14.7 Å². The van der Waals surface area contributed by atoms with Crippen molar-refractivity contribution in [1.82, 2.24) is 14.7 Å². The molecule has 2 aromatic carbocycles. The molecule has 8 heteroatoms. The Morgan fingerprint density at radius 2 is 1.81 bits per heavy atom. The van der Waals surface area contributed by atoms with Crippen LogP contribution in [0, 0.1) is 0 Å². The van der Waals surface area contributed by atoms with Crippen molar-refractivity contribution in [2.24, 2.45) is 0 Å². The molecule has 8 nitrogen and oxygen atoms in total. The van der Waals surface area contributed by atoms with Crippen LogP contribution >= 0.6 is 0 Å². The molecule has 0 aromatic heterocycles. The summed E-state index contributed by atoms with van der Waals surface area (Å²) in [6.45, 7) is 9.43. The predicted molar refractivity (Wildman–Crippen MR) is 138 cm³/mol. The number of amides is 2. The van der Waals surface area contributed by atoms with E-state index >= 15 is 0 Å². The summed E-state index contributed by atoms with van der Waals surface area (Å²) in [5.74, 6) is 0.584. The van der Waals surface area contributed by atoms with Crippen molar-refractivity contribution in [3.05, 3.63) is 59.2 Å². The van der Waals surface area contributed by atoms with Crippen molar-refractivity contribution < 1.29 is 19.4 Å². The summed E-state index contributed by atoms with van der Waals surface area (Å²) in [6, 6.07) is 14.2. The Morgan fingerprint density at radius 1 is 1.06 bits per heavy atom. The number of carbonyl (C=O) groups is 2. The lowest BCUT2D eigenvalue weighted by Gasteiger charge is -2.35. The minimum Gasteiger partial charge on any atom is -0.488 e. The molecular formula is C28H36N4O4. The van der Waals surface area contributed by atoms with E-state index in [2.05, 4.69) is 34.1 Å². The Hall–Kier alpha value is -3.10. The maximum Gasteiger partial charge on any atom is 0.257 e. The Balaban J connectivity index is 1.23. The first-order valence-electron chi connectivity index (χ1n) is 12.9. The average Bonchev–Trinajstić information content (AvgIpc) is 2.98. The molecule has 1 unspecified atom stereocenters. The quantitative estimate of drug-likeness (QED) is 0.688. The Bertz CT molecular complexity index is 1110. The first-order valence-corrected chi connectivity index (χ1v) is 12.9. The summed E-state index contributed by atoms with van der Waals surface area (Å²) in [6.07, 6.45) is 0.162. The first-order chi connectivity index (χ1) is 17.4. The highest BCUT2D eigenvalue weighted by molar-refractivity contribution is 5.98. The third-order valence-corrected chi connectivity index (χ3v) is 7.49. The van der Waals surface area contributed by atoms with Gasteiger partial charge in [-0.3, -0.25) is 14.5 Å². The van der Waals surface area contributed by atoms with Gasteiger partial charge in [0.15, 0.2) is 0 Å². The highest BCUT2D eigenvalue weighted by Crippen LogP contribution is 2.31. The number of ether oxygens (including phenoxy) is 1. The lowest BCUT2D eigenvalue weighted by molar-refractivity contribution is -0.129. The van der Waals surface area contributed by atoms with Gasteiger partial charge in [-0.15, -0.1) is 0 Å². The maximum atomic E-state index is 13.4. The van der Waals surface area contributed by atoms with E-state index in [4.69, 9.17) is 4.74 Å². The van der Waals surface area contributed by atoms with Gasteiger partial charge in [-0.05, 0) is 36.6 Å². The van der Waals surface area contributed by atoms with Gasteiger partial charge in [-0.1, -0.05) is 24.3 Å². The van der Waals surface area contributed by atoms with E-state index in [0.717, 1.165) is 38.3 Å². The first kappa shape index (κ1) is 24.6. The van der Waals surface area contributed by atoms with Crippen LogP contribution in [0.4, 0.5) is 5.69 Å². The minimum atomic E-state index is -0.634. The van der Waals surface area contributed by atoms with E-state index in [-0.39, 0.29) is 24.5 Å². The number of aliphatic hydroxyl groups is 1. The van der Waals surface area contributed by atoms with Gasteiger partial charge < -0.3 is 24.5 Å². The Kier molecular flexibility index (Phi) is 7.16. The number of hydrogen-bond acceptors (Lipinski definition) is 6. The van der Waals surface area contributed by atoms with Crippen LogP contribution in [-0.2, 0) is 17.8 Å². The molecule has 3 aliphatic rings. The molecule has 5 rings (SSSR count). The Morgan fingerprint density at radius 3 is 2.56 bits per heavy atom. The lowest BCUT2D eigenvalue weighted by Crippen LogP contribution is -2.48. The molecule has 0 saturated carbocycles. The van der Waals surface area contributed by atoms with Crippen LogP contribution in [0.5, 0.6) is 5.75 Å². The molecule has 36 heavy (non-hydrogen) atoms. The van der Waals surface area contributed by atoms with Crippen LogP contribution in [0.3, 0.4) is 0 Å². The Labute approximate surface area is 213 Å². The normalized spacial score (nSPS) is 21.4. The van der Waals surface area contributed by atoms with E-state index < -0.39 is 6.10 Å². The average molecular weight is 493 g/mol. The van der Waals surface area contributed by atoms with E-state index in [1.165, 1.54) is 11.1 Å². The van der Waals surface area contributed by atoms with Gasteiger partial charge in [0, 0.05) is 71.0 Å². The van der Waals surface area contributed by atoms with E-state index in [0.29, 0.717) is 37.5 Å². The molecule has 3 aliphatic heterocycles. The highest BCUT2D eigenvalue weighted by Gasteiger charge is 2.30. The maximum absolute atomic E-state index is 13.4. The zero-order valence-corrected chi connectivity index (χ0v) is 21.2. The van der Waals surface area contributed by atoms with Gasteiger partial charge >= 0.3 is 0 Å². The van der Waals surface area contributed by atoms with Crippen molar-refractivity contribution in [3.63, 3.8) is 0 Å². The monoisotopic (exact) mass is 492 g/mol. The third kappa shape index (κ3) is 5.34. The van der Waals surface area contributed by atoms with Crippen molar-refractivity contribution in [3.8, 4) is 5.75 Å². The number of anilines is 1. The van der Waals surface area contributed by atoms with E-state index in [1.807, 2.05) is 30.0 Å². The molecule has 0 bridgehead atoms. The molecule has 0 aliphatic carbocycles. The van der Waals surface area contributed by atoms with Crippen LogP contribution in [0.25, 0.3) is 0 Å². The molecule has 2 atom stereocenters. The fraction of sp³-hybridized carbons (Fsp3) is 0.500. The molecule has 1 saturated heterocycles. The SMILES string of the molecule is CC(=O)N1CCN(c2ccc3c(c2)OC(C)CN(C[C@H](O)CN2CCc4ccccc4C2)C3=O)CC1. The van der Waals surface area contributed by atoms with Gasteiger partial charge in [0.25, 0.3) is 5.91 Å². The van der Waals surface area contributed by atoms with Crippen molar-refractivity contribution in [2.75, 3.05) is 57.3 Å². The molecule has 3 heterocycles. The topological polar surface area (TPSA) is 76.6 Å². The third-order valence-electron chi connectivity index (χ3n) is 7.49. The smallest absolute Gasteiger partial charge is 0.257 e. The number of benzene rings is 2. The van der Waals surface area contributed by atoms with Gasteiger partial charge in [-0.2, -0.15) is 0 Å². The zero-order chi connectivity index (χ0) is 25.2. The summed E-state index contributed by atoms with van der Waals surface area (Å²) in [7, 11) is 0. The number of nitrogens with zero attached hydrogens (tertiary/aromatic N) is 4. The predicted octanol–water partition coefficient (Wildman–Crippen LogP) is 2.00. The number of aliphatic hydroxyl groups excluding tert-OH is 1. The molecule has 1 fully saturated rings. The van der Waals surface area contributed by atoms with Crippen LogP contribution in [-0.4, -0.2) is 96.2 Å². The zero-order valence-electron chi connectivity index (χ0n) is 21.2. The second-order valence-corrected chi connectivity index (χ2v) is 10.2. The summed E-state index contributed by atoms with van der Waals surface area (Å²) in [4.78, 5) is 33.1. The molecule has 2 aromatic rings. The number of rotatable bonds is 5. The van der Waals surface area contributed by atoms with Gasteiger partial charge in [0.05, 0.1) is 18.2 Å². The van der Waals surface area contributed by atoms with E-state index in [1.54, 1.807) is 11.8 Å². The molecular weight excluding hydrogens is 456 g/mol. The summed E-state index contributed by atoms with van der Waals surface area (Å²) in [5.41, 5.74) is 4.23. The van der Waals surface area contributed by atoms with Crippen LogP contribution in [0.15, 0.2) is 42.5 Å². The van der Waals surface area contributed by atoms with Crippen molar-refractivity contribution in [1.29, 1.82) is 0 Å². The number of β-amino-alcohol motifs (C(OH)–C–C–N with tert-alkyl or cyclic N) is 1. The highest BCUT2D eigenvalue weighted by atomic mass is 16.5. The van der Waals surface area contributed by atoms with Crippen LogP contribution < -0.4 is 9.64 Å². The fourth-order valence-electron chi connectivity index (χ4n) is 5.56. The summed E-state index contributed by atoms with van der Waals surface area (Å²) >= 11 is 0. The summed E-state index contributed by atoms with van der Waals surface area (Å²) < 4.78 is 6.17. The largest absolute Gasteiger partial charge is 0.488 e. The lowest BCUT2D eigenvalue weighted by atomic mass is 10.00. The molecule has 2 amide bonds. The van der Waals surface area contributed by atoms with Crippen LogP contribution in [0.2, 0.25) is 0 Å². The van der Waals surface area contributed by atoms with Gasteiger partial charge in [0.2, 0.25) is 5.91 Å². The molecule has 0 radical (unpaired) electrons. The minimum absolute atomic E-state index is 0.103. The van der Waals surface area contributed by atoms with Gasteiger partial charge in [-0.25, -0.2) is 0 Å². The van der Waals surface area contributed by atoms with Crippen molar-refractivity contribution in [2.45, 2.75) is 39.0 Å². The molecule has 1 N–H and O–H groups in total. The second kappa shape index (κ2) is 10.5. The number of carbonyl (C=O) groups excluding carboxylic acids is 2. The number of fused-ring (bicyclic) bond motifs is 2. The fourth-order valence-corrected chi connectivity index (χ4v) is 5.56.